The summed E-state index contributed by atoms with van der Waals surface area (Å²) in [7, 11) is 4.51. The number of halogens is 2. The molecule has 0 aromatic heterocycles. The molecule has 3 rings (SSSR count). The van der Waals surface area contributed by atoms with Crippen LogP contribution < -0.4 is 19.9 Å². The third-order valence-corrected chi connectivity index (χ3v) is 6.45. The molecule has 29 heavy (non-hydrogen) atoms. The molecule has 2 N–H and O–H groups in total. The Kier molecular flexibility index (Phi) is 6.17. The number of nitrogens with two attached hydrogens (primary N) is 1. The molecule has 1 aliphatic rings. The fraction of sp³-hybridized carbons (Fsp3) is 0.381. The summed E-state index contributed by atoms with van der Waals surface area (Å²) in [6.07, 6.45) is 0.0124. The standard InChI is InChI=1S/C21H23Br2NO5/c1-21(2)12-7-14(22)19(27-4)10(6-16(25)26-3)17(12)29-18-11(9-24)20(28-5)15(23)8-13(18)21/h7-8H,6,9,24H2,1-5H3. The number of carbonyl (C=O) groups excluding carboxylic acids is 1. The Bertz CT molecular complexity index is 988. The number of methoxy groups -OCH3 is 3. The Balaban J connectivity index is 2.35. The molecule has 0 saturated heterocycles. The number of hydrogen-bond donors (Lipinski definition) is 1. The van der Waals surface area contributed by atoms with E-state index in [9.17, 15) is 4.79 Å². The first-order valence-corrected chi connectivity index (χ1v) is 10.5. The quantitative estimate of drug-likeness (QED) is 0.559. The van der Waals surface area contributed by atoms with E-state index in [2.05, 4.69) is 45.7 Å². The zero-order valence-corrected chi connectivity index (χ0v) is 20.1. The molecule has 2 aromatic rings. The lowest BCUT2D eigenvalue weighted by Gasteiger charge is -2.37. The van der Waals surface area contributed by atoms with E-state index in [1.165, 1.54) is 7.11 Å². The molecule has 156 valence electrons. The topological polar surface area (TPSA) is 80.0 Å². The van der Waals surface area contributed by atoms with Crippen molar-refractivity contribution >= 4 is 37.8 Å². The molecule has 1 aliphatic heterocycles. The molecule has 0 fully saturated rings. The van der Waals surface area contributed by atoms with Gasteiger partial charge in [-0.1, -0.05) is 13.8 Å². The van der Waals surface area contributed by atoms with Gasteiger partial charge in [0.25, 0.3) is 0 Å². The highest BCUT2D eigenvalue weighted by Crippen LogP contribution is 2.56. The van der Waals surface area contributed by atoms with E-state index < -0.39 is 5.41 Å². The normalized spacial score (nSPS) is 13.8. The maximum Gasteiger partial charge on any atom is 0.310 e. The lowest BCUT2D eigenvalue weighted by Crippen LogP contribution is -2.27. The van der Waals surface area contributed by atoms with E-state index in [0.717, 1.165) is 25.6 Å². The SMILES string of the molecule is COC(=O)Cc1c(OC)c(Br)cc2c1Oc1c(cc(Br)c(OC)c1CN)C2(C)C. The van der Waals surface area contributed by atoms with Crippen molar-refractivity contribution in [3.8, 4) is 23.0 Å². The molecule has 0 amide bonds. The third-order valence-electron chi connectivity index (χ3n) is 5.27. The van der Waals surface area contributed by atoms with Crippen molar-refractivity contribution in [2.75, 3.05) is 21.3 Å². The summed E-state index contributed by atoms with van der Waals surface area (Å²) >= 11 is 7.16. The Morgan fingerprint density at radius 1 is 1.00 bits per heavy atom. The van der Waals surface area contributed by atoms with Crippen LogP contribution in [0.4, 0.5) is 0 Å². The molecule has 0 unspecified atom stereocenters. The predicted molar refractivity (Wildman–Crippen MR) is 117 cm³/mol. The van der Waals surface area contributed by atoms with Crippen LogP contribution in [0, 0.1) is 0 Å². The highest BCUT2D eigenvalue weighted by atomic mass is 79.9. The minimum absolute atomic E-state index is 0.0124. The highest BCUT2D eigenvalue weighted by Gasteiger charge is 2.40. The van der Waals surface area contributed by atoms with Gasteiger partial charge in [0.1, 0.15) is 23.0 Å². The van der Waals surface area contributed by atoms with Crippen LogP contribution in [-0.2, 0) is 27.9 Å². The van der Waals surface area contributed by atoms with Crippen molar-refractivity contribution in [2.24, 2.45) is 5.73 Å². The fourth-order valence-corrected chi connectivity index (χ4v) is 5.01. The maximum atomic E-state index is 12.1. The van der Waals surface area contributed by atoms with Gasteiger partial charge in [-0.3, -0.25) is 4.79 Å². The second-order valence-electron chi connectivity index (χ2n) is 7.18. The number of hydrogen-bond acceptors (Lipinski definition) is 6. The summed E-state index contributed by atoms with van der Waals surface area (Å²) in [6.45, 7) is 4.44. The van der Waals surface area contributed by atoms with Crippen molar-refractivity contribution in [3.05, 3.63) is 43.3 Å². The minimum Gasteiger partial charge on any atom is -0.495 e. The van der Waals surface area contributed by atoms with Crippen molar-refractivity contribution in [2.45, 2.75) is 32.2 Å². The highest BCUT2D eigenvalue weighted by molar-refractivity contribution is 9.11. The van der Waals surface area contributed by atoms with Gasteiger partial charge in [-0.2, -0.15) is 0 Å². The number of carbonyl (C=O) groups is 1. The summed E-state index contributed by atoms with van der Waals surface area (Å²) < 4.78 is 24.0. The second kappa shape index (κ2) is 8.16. The van der Waals surface area contributed by atoms with E-state index in [1.807, 2.05) is 12.1 Å². The smallest absolute Gasteiger partial charge is 0.310 e. The number of benzene rings is 2. The lowest BCUT2D eigenvalue weighted by molar-refractivity contribution is -0.139. The van der Waals surface area contributed by atoms with E-state index in [1.54, 1.807) is 14.2 Å². The molecular weight excluding hydrogens is 506 g/mol. The van der Waals surface area contributed by atoms with Crippen molar-refractivity contribution in [1.82, 2.24) is 0 Å². The number of rotatable bonds is 5. The van der Waals surface area contributed by atoms with Gasteiger partial charge in [0.2, 0.25) is 0 Å². The zero-order chi connectivity index (χ0) is 21.5. The number of esters is 1. The molecule has 0 atom stereocenters. The van der Waals surface area contributed by atoms with Gasteiger partial charge in [0.15, 0.2) is 0 Å². The molecule has 8 heteroatoms. The first-order chi connectivity index (χ1) is 13.7. The summed E-state index contributed by atoms with van der Waals surface area (Å²) in [6, 6.07) is 3.96. The van der Waals surface area contributed by atoms with Gasteiger partial charge in [0, 0.05) is 28.7 Å². The average molecular weight is 529 g/mol. The van der Waals surface area contributed by atoms with Gasteiger partial charge in [0.05, 0.1) is 42.3 Å². The van der Waals surface area contributed by atoms with Crippen LogP contribution in [0.25, 0.3) is 0 Å². The molecule has 0 spiro atoms. The zero-order valence-electron chi connectivity index (χ0n) is 16.9. The summed E-state index contributed by atoms with van der Waals surface area (Å²) in [5, 5.41) is 0. The van der Waals surface area contributed by atoms with Crippen LogP contribution in [0.15, 0.2) is 21.1 Å². The number of fused-ring (bicyclic) bond motifs is 2. The van der Waals surface area contributed by atoms with Crippen LogP contribution in [0.2, 0.25) is 0 Å². The van der Waals surface area contributed by atoms with E-state index in [-0.39, 0.29) is 18.9 Å². The Hall–Kier alpha value is -1.77. The summed E-state index contributed by atoms with van der Waals surface area (Å²) in [5.41, 5.74) is 8.90. The lowest BCUT2D eigenvalue weighted by atomic mass is 9.74. The molecule has 1 heterocycles. The Labute approximate surface area is 186 Å². The van der Waals surface area contributed by atoms with E-state index in [4.69, 9.17) is 24.7 Å². The molecular formula is C21H23Br2NO5. The molecule has 0 radical (unpaired) electrons. The van der Waals surface area contributed by atoms with Gasteiger partial charge in [-0.05, 0) is 44.0 Å². The molecule has 0 saturated carbocycles. The van der Waals surface area contributed by atoms with E-state index in [0.29, 0.717) is 28.6 Å². The number of ether oxygens (including phenoxy) is 4. The first-order valence-electron chi connectivity index (χ1n) is 8.95. The maximum absolute atomic E-state index is 12.1. The van der Waals surface area contributed by atoms with Crippen molar-refractivity contribution < 1.29 is 23.7 Å². The van der Waals surface area contributed by atoms with Crippen LogP contribution in [0.1, 0.15) is 36.1 Å². The van der Waals surface area contributed by atoms with E-state index >= 15 is 0 Å². The van der Waals surface area contributed by atoms with Crippen LogP contribution >= 0.6 is 31.9 Å². The van der Waals surface area contributed by atoms with Crippen molar-refractivity contribution in [3.63, 3.8) is 0 Å². The molecule has 2 aromatic carbocycles. The van der Waals surface area contributed by atoms with Crippen LogP contribution in [-0.4, -0.2) is 27.3 Å². The fourth-order valence-electron chi connectivity index (χ4n) is 3.75. The average Bonchev–Trinajstić information content (AvgIpc) is 2.68. The predicted octanol–water partition coefficient (Wildman–Crippen LogP) is 4.83. The van der Waals surface area contributed by atoms with Gasteiger partial charge in [-0.25, -0.2) is 0 Å². The molecule has 0 aliphatic carbocycles. The van der Waals surface area contributed by atoms with Crippen LogP contribution in [0.3, 0.4) is 0 Å². The Morgan fingerprint density at radius 3 is 1.93 bits per heavy atom. The monoisotopic (exact) mass is 527 g/mol. The van der Waals surface area contributed by atoms with Gasteiger partial charge >= 0.3 is 5.97 Å². The van der Waals surface area contributed by atoms with Gasteiger partial charge < -0.3 is 24.7 Å². The third kappa shape index (κ3) is 3.51. The van der Waals surface area contributed by atoms with Crippen molar-refractivity contribution in [1.29, 1.82) is 0 Å². The van der Waals surface area contributed by atoms with Crippen LogP contribution in [0.5, 0.6) is 23.0 Å². The summed E-state index contributed by atoms with van der Waals surface area (Å²) in [5.74, 6) is 1.99. The summed E-state index contributed by atoms with van der Waals surface area (Å²) in [4.78, 5) is 12.1. The first kappa shape index (κ1) is 21.9. The largest absolute Gasteiger partial charge is 0.495 e. The second-order valence-corrected chi connectivity index (χ2v) is 8.89. The Morgan fingerprint density at radius 2 is 1.48 bits per heavy atom. The minimum atomic E-state index is -0.429. The van der Waals surface area contributed by atoms with Gasteiger partial charge in [-0.15, -0.1) is 0 Å². The molecule has 0 bridgehead atoms. The molecule has 6 nitrogen and oxygen atoms in total.